The van der Waals surface area contributed by atoms with E-state index < -0.39 is 11.7 Å². The highest BCUT2D eigenvalue weighted by molar-refractivity contribution is 7.10. The molecule has 1 amide bonds. The van der Waals surface area contributed by atoms with Gasteiger partial charge in [-0.05, 0) is 35.7 Å². The smallest absolute Gasteiger partial charge is 0.248 e. The Kier molecular flexibility index (Phi) is 3.74. The number of hydrogen-bond acceptors (Lipinski definition) is 3. The minimum atomic E-state index is -0.512. The van der Waals surface area contributed by atoms with E-state index in [0.29, 0.717) is 5.69 Å². The Hall–Kier alpha value is -2.14. The molecule has 1 aromatic heterocycles. The van der Waals surface area contributed by atoms with Gasteiger partial charge < -0.3 is 11.1 Å². The lowest BCUT2D eigenvalue weighted by atomic mass is 10.2. The fourth-order valence-corrected chi connectivity index (χ4v) is 1.98. The van der Waals surface area contributed by atoms with Crippen LogP contribution in [0.25, 0.3) is 6.08 Å². The summed E-state index contributed by atoms with van der Waals surface area (Å²) in [6, 6.07) is 7.81. The molecule has 0 saturated heterocycles. The van der Waals surface area contributed by atoms with Crippen LogP contribution in [0.4, 0.5) is 15.8 Å². The van der Waals surface area contributed by atoms with Crippen molar-refractivity contribution in [2.75, 3.05) is 11.1 Å². The van der Waals surface area contributed by atoms with Crippen molar-refractivity contribution < 1.29 is 9.18 Å². The van der Waals surface area contributed by atoms with Crippen molar-refractivity contribution in [1.82, 2.24) is 0 Å². The molecule has 0 radical (unpaired) electrons. The number of thiophene rings is 1. The first-order valence-corrected chi connectivity index (χ1v) is 6.11. The fraction of sp³-hybridized carbons (Fsp3) is 0. The molecule has 18 heavy (non-hydrogen) atoms. The van der Waals surface area contributed by atoms with Crippen molar-refractivity contribution in [3.05, 3.63) is 52.5 Å². The van der Waals surface area contributed by atoms with Gasteiger partial charge in [-0.15, -0.1) is 11.3 Å². The molecule has 1 aromatic carbocycles. The van der Waals surface area contributed by atoms with Crippen molar-refractivity contribution in [1.29, 1.82) is 0 Å². The quantitative estimate of drug-likeness (QED) is 0.659. The number of amides is 1. The Balaban J connectivity index is 2.05. The van der Waals surface area contributed by atoms with Gasteiger partial charge in [-0.3, -0.25) is 4.79 Å². The fourth-order valence-electron chi connectivity index (χ4n) is 1.36. The van der Waals surface area contributed by atoms with E-state index >= 15 is 0 Å². The molecule has 0 aliphatic heterocycles. The topological polar surface area (TPSA) is 55.1 Å². The number of nitrogen functional groups attached to an aromatic ring is 1. The predicted molar refractivity (Wildman–Crippen MR) is 72.8 cm³/mol. The van der Waals surface area contributed by atoms with Gasteiger partial charge in [-0.2, -0.15) is 0 Å². The zero-order valence-corrected chi connectivity index (χ0v) is 10.2. The largest absolute Gasteiger partial charge is 0.399 e. The highest BCUT2D eigenvalue weighted by atomic mass is 32.1. The standard InChI is InChI=1S/C13H11FN2OS/c14-11-5-3-9(15)8-12(11)16-13(17)6-4-10-2-1-7-18-10/h1-8H,15H2,(H,16,17)/b6-4+. The van der Waals surface area contributed by atoms with E-state index in [1.807, 2.05) is 17.5 Å². The summed E-state index contributed by atoms with van der Waals surface area (Å²) in [7, 11) is 0. The van der Waals surface area contributed by atoms with Crippen molar-refractivity contribution >= 4 is 34.7 Å². The first kappa shape index (κ1) is 12.3. The lowest BCUT2D eigenvalue weighted by molar-refractivity contribution is -0.111. The molecule has 0 atom stereocenters. The first-order chi connectivity index (χ1) is 8.65. The van der Waals surface area contributed by atoms with Crippen LogP contribution in [0, 0.1) is 5.82 Å². The SMILES string of the molecule is Nc1ccc(F)c(NC(=O)/C=C/c2cccs2)c1. The maximum atomic E-state index is 13.4. The van der Waals surface area contributed by atoms with Gasteiger partial charge in [0, 0.05) is 16.6 Å². The Labute approximate surface area is 108 Å². The van der Waals surface area contributed by atoms with Crippen LogP contribution in [0.2, 0.25) is 0 Å². The van der Waals surface area contributed by atoms with E-state index in [-0.39, 0.29) is 5.69 Å². The third-order valence-corrected chi connectivity index (χ3v) is 3.03. The average Bonchev–Trinajstić information content (AvgIpc) is 2.84. The second-order valence-corrected chi connectivity index (χ2v) is 4.56. The summed E-state index contributed by atoms with van der Waals surface area (Å²) < 4.78 is 13.4. The van der Waals surface area contributed by atoms with Crippen LogP contribution in [0.5, 0.6) is 0 Å². The number of benzene rings is 1. The van der Waals surface area contributed by atoms with Gasteiger partial charge in [-0.1, -0.05) is 6.07 Å². The van der Waals surface area contributed by atoms with Crippen molar-refractivity contribution in [3.63, 3.8) is 0 Å². The highest BCUT2D eigenvalue weighted by Crippen LogP contribution is 2.17. The summed E-state index contributed by atoms with van der Waals surface area (Å²) in [5, 5.41) is 4.35. The Morgan fingerprint density at radius 3 is 2.94 bits per heavy atom. The minimum Gasteiger partial charge on any atom is -0.399 e. The molecule has 0 unspecified atom stereocenters. The predicted octanol–water partition coefficient (Wildman–Crippen LogP) is 3.12. The molecule has 0 spiro atoms. The van der Waals surface area contributed by atoms with E-state index in [0.717, 1.165) is 4.88 Å². The molecule has 3 N–H and O–H groups in total. The van der Waals surface area contributed by atoms with E-state index in [1.165, 1.54) is 35.6 Å². The molecule has 3 nitrogen and oxygen atoms in total. The van der Waals surface area contributed by atoms with Crippen LogP contribution >= 0.6 is 11.3 Å². The summed E-state index contributed by atoms with van der Waals surface area (Å²) in [5.74, 6) is -0.907. The van der Waals surface area contributed by atoms with Crippen molar-refractivity contribution in [2.24, 2.45) is 0 Å². The van der Waals surface area contributed by atoms with Crippen LogP contribution in [0.3, 0.4) is 0 Å². The molecule has 0 aliphatic carbocycles. The molecule has 2 aromatic rings. The Morgan fingerprint density at radius 1 is 1.39 bits per heavy atom. The van der Waals surface area contributed by atoms with Crippen molar-refractivity contribution in [3.8, 4) is 0 Å². The third-order valence-electron chi connectivity index (χ3n) is 2.19. The van der Waals surface area contributed by atoms with Gasteiger partial charge in [0.1, 0.15) is 5.82 Å². The van der Waals surface area contributed by atoms with Gasteiger partial charge in [0.2, 0.25) is 5.91 Å². The number of carbonyl (C=O) groups excluding carboxylic acids is 1. The Morgan fingerprint density at radius 2 is 2.22 bits per heavy atom. The number of anilines is 2. The molecular weight excluding hydrogens is 251 g/mol. The number of carbonyl (C=O) groups is 1. The molecule has 5 heteroatoms. The van der Waals surface area contributed by atoms with Gasteiger partial charge in [0.25, 0.3) is 0 Å². The van der Waals surface area contributed by atoms with Crippen molar-refractivity contribution in [2.45, 2.75) is 0 Å². The van der Waals surface area contributed by atoms with Crippen LogP contribution < -0.4 is 11.1 Å². The molecule has 0 aliphatic rings. The third kappa shape index (κ3) is 3.18. The number of hydrogen-bond donors (Lipinski definition) is 2. The van der Waals surface area contributed by atoms with Crippen LogP contribution in [-0.2, 0) is 4.79 Å². The summed E-state index contributed by atoms with van der Waals surface area (Å²) in [6.45, 7) is 0. The van der Waals surface area contributed by atoms with Gasteiger partial charge >= 0.3 is 0 Å². The van der Waals surface area contributed by atoms with E-state index in [1.54, 1.807) is 6.08 Å². The van der Waals surface area contributed by atoms with E-state index in [9.17, 15) is 9.18 Å². The molecule has 2 rings (SSSR count). The lowest BCUT2D eigenvalue weighted by Crippen LogP contribution is -2.09. The van der Waals surface area contributed by atoms with Gasteiger partial charge in [0.15, 0.2) is 0 Å². The molecule has 0 saturated carbocycles. The zero-order valence-electron chi connectivity index (χ0n) is 9.39. The number of nitrogens with one attached hydrogen (secondary N) is 1. The second kappa shape index (κ2) is 5.46. The van der Waals surface area contributed by atoms with Crippen LogP contribution in [0.15, 0.2) is 41.8 Å². The minimum absolute atomic E-state index is 0.0795. The molecule has 92 valence electrons. The summed E-state index contributed by atoms with van der Waals surface area (Å²) in [5.41, 5.74) is 6.00. The van der Waals surface area contributed by atoms with Crippen LogP contribution in [0.1, 0.15) is 4.88 Å². The van der Waals surface area contributed by atoms with Gasteiger partial charge in [-0.25, -0.2) is 4.39 Å². The van der Waals surface area contributed by atoms with Crippen LogP contribution in [-0.4, -0.2) is 5.91 Å². The number of rotatable bonds is 3. The molecular formula is C13H11FN2OS. The average molecular weight is 262 g/mol. The highest BCUT2D eigenvalue weighted by Gasteiger charge is 2.04. The first-order valence-electron chi connectivity index (χ1n) is 5.23. The number of halogens is 1. The number of nitrogens with two attached hydrogens (primary N) is 1. The van der Waals surface area contributed by atoms with Gasteiger partial charge in [0.05, 0.1) is 5.69 Å². The zero-order chi connectivity index (χ0) is 13.0. The second-order valence-electron chi connectivity index (χ2n) is 3.58. The Bertz CT molecular complexity index is 579. The normalized spacial score (nSPS) is 10.7. The molecule has 0 fully saturated rings. The maximum Gasteiger partial charge on any atom is 0.248 e. The lowest BCUT2D eigenvalue weighted by Gasteiger charge is -2.04. The monoisotopic (exact) mass is 262 g/mol. The summed E-state index contributed by atoms with van der Waals surface area (Å²) in [6.07, 6.45) is 3.03. The molecule has 0 bridgehead atoms. The molecule has 1 heterocycles. The summed E-state index contributed by atoms with van der Waals surface area (Å²) in [4.78, 5) is 12.5. The van der Waals surface area contributed by atoms with E-state index in [2.05, 4.69) is 5.32 Å². The summed E-state index contributed by atoms with van der Waals surface area (Å²) >= 11 is 1.52. The maximum absolute atomic E-state index is 13.4. The van der Waals surface area contributed by atoms with E-state index in [4.69, 9.17) is 5.73 Å².